The largest absolute Gasteiger partial charge is 0.418 e. The maximum absolute atomic E-state index is 11.8. The van der Waals surface area contributed by atoms with Crippen molar-refractivity contribution in [1.29, 1.82) is 0 Å². The van der Waals surface area contributed by atoms with Gasteiger partial charge in [0, 0.05) is 32.6 Å². The van der Waals surface area contributed by atoms with Crippen molar-refractivity contribution in [3.05, 3.63) is 51.1 Å². The van der Waals surface area contributed by atoms with Gasteiger partial charge in [0.2, 0.25) is 5.89 Å². The Morgan fingerprint density at radius 3 is 3.04 bits per heavy atom. The Labute approximate surface area is 142 Å². The van der Waals surface area contributed by atoms with Gasteiger partial charge in [-0.25, -0.2) is 4.68 Å². The van der Waals surface area contributed by atoms with Crippen LogP contribution in [-0.2, 0) is 20.0 Å². The van der Waals surface area contributed by atoms with Crippen LogP contribution >= 0.6 is 11.3 Å². The average Bonchev–Trinajstić information content (AvgIpc) is 3.26. The standard InChI is InChI=1S/C16H17N5O2S/c1-10(15-17-18-16(23-15)13-4-3-7-24-13)21-6-5-12-11(9-21)8-14(22)20(2)19-12/h3-4,7-8,10H,5-6,9H2,1-2H3/t10-/m1/s1. The fourth-order valence-electron chi connectivity index (χ4n) is 2.91. The minimum Gasteiger partial charge on any atom is -0.418 e. The quantitative estimate of drug-likeness (QED) is 0.724. The van der Waals surface area contributed by atoms with E-state index in [1.54, 1.807) is 24.5 Å². The normalized spacial score (nSPS) is 16.1. The maximum atomic E-state index is 11.8. The second kappa shape index (κ2) is 5.95. The number of hydrogen-bond acceptors (Lipinski definition) is 7. The number of aromatic nitrogens is 4. The molecule has 1 aliphatic rings. The molecule has 0 N–H and O–H groups in total. The summed E-state index contributed by atoms with van der Waals surface area (Å²) in [5, 5.41) is 14.7. The third-order valence-electron chi connectivity index (χ3n) is 4.34. The first kappa shape index (κ1) is 15.2. The Morgan fingerprint density at radius 1 is 1.38 bits per heavy atom. The molecule has 0 aliphatic carbocycles. The first-order chi connectivity index (χ1) is 11.6. The molecule has 7 nitrogen and oxygen atoms in total. The molecule has 0 spiro atoms. The van der Waals surface area contributed by atoms with Crippen molar-refractivity contribution in [1.82, 2.24) is 24.9 Å². The zero-order chi connectivity index (χ0) is 16.7. The van der Waals surface area contributed by atoms with Crippen LogP contribution in [0.15, 0.2) is 32.8 Å². The van der Waals surface area contributed by atoms with Crippen LogP contribution in [0.3, 0.4) is 0 Å². The molecule has 0 saturated heterocycles. The summed E-state index contributed by atoms with van der Waals surface area (Å²) < 4.78 is 7.23. The van der Waals surface area contributed by atoms with E-state index in [1.807, 2.05) is 24.4 Å². The van der Waals surface area contributed by atoms with Crippen molar-refractivity contribution in [2.75, 3.05) is 6.54 Å². The summed E-state index contributed by atoms with van der Waals surface area (Å²) >= 11 is 1.58. The molecular formula is C16H17N5O2S. The van der Waals surface area contributed by atoms with Crippen LogP contribution < -0.4 is 5.56 Å². The van der Waals surface area contributed by atoms with E-state index < -0.39 is 0 Å². The summed E-state index contributed by atoms with van der Waals surface area (Å²) in [5.74, 6) is 1.15. The Hall–Kier alpha value is -2.32. The summed E-state index contributed by atoms with van der Waals surface area (Å²) in [6.07, 6.45) is 0.805. The summed E-state index contributed by atoms with van der Waals surface area (Å²) in [5.41, 5.74) is 1.89. The number of rotatable bonds is 3. The zero-order valence-corrected chi connectivity index (χ0v) is 14.3. The van der Waals surface area contributed by atoms with Crippen molar-refractivity contribution in [3.8, 4) is 10.8 Å². The summed E-state index contributed by atoms with van der Waals surface area (Å²) in [7, 11) is 1.68. The second-order valence-corrected chi connectivity index (χ2v) is 6.85. The molecule has 0 fully saturated rings. The highest BCUT2D eigenvalue weighted by Crippen LogP contribution is 2.29. The molecule has 0 aromatic carbocycles. The molecule has 8 heteroatoms. The third kappa shape index (κ3) is 2.67. The number of fused-ring (bicyclic) bond motifs is 1. The SMILES string of the molecule is C[C@H](c1nnc(-c2cccs2)o1)N1CCc2nn(C)c(=O)cc2C1. The van der Waals surface area contributed by atoms with E-state index >= 15 is 0 Å². The molecule has 1 aliphatic heterocycles. The van der Waals surface area contributed by atoms with Crippen LogP contribution in [0.5, 0.6) is 0 Å². The molecule has 1 atom stereocenters. The maximum Gasteiger partial charge on any atom is 0.266 e. The Morgan fingerprint density at radius 2 is 2.25 bits per heavy atom. The van der Waals surface area contributed by atoms with Gasteiger partial charge in [0.25, 0.3) is 11.4 Å². The van der Waals surface area contributed by atoms with Gasteiger partial charge in [-0.05, 0) is 23.9 Å². The lowest BCUT2D eigenvalue weighted by atomic mass is 10.0. The minimum atomic E-state index is -0.0824. The Balaban J connectivity index is 1.56. The van der Waals surface area contributed by atoms with Gasteiger partial charge in [0.15, 0.2) is 0 Å². The van der Waals surface area contributed by atoms with E-state index in [0.29, 0.717) is 18.3 Å². The molecule has 3 aromatic heterocycles. The zero-order valence-electron chi connectivity index (χ0n) is 13.5. The van der Waals surface area contributed by atoms with Gasteiger partial charge in [-0.15, -0.1) is 21.5 Å². The highest BCUT2D eigenvalue weighted by atomic mass is 32.1. The Kier molecular flexibility index (Phi) is 3.78. The summed E-state index contributed by atoms with van der Waals surface area (Å²) in [4.78, 5) is 15.0. The molecular weight excluding hydrogens is 326 g/mol. The molecule has 124 valence electrons. The van der Waals surface area contributed by atoms with E-state index in [-0.39, 0.29) is 11.6 Å². The van der Waals surface area contributed by atoms with Crippen LogP contribution in [0.2, 0.25) is 0 Å². The van der Waals surface area contributed by atoms with E-state index in [9.17, 15) is 4.79 Å². The Bertz CT molecular complexity index is 915. The van der Waals surface area contributed by atoms with Gasteiger partial charge < -0.3 is 4.42 Å². The van der Waals surface area contributed by atoms with Gasteiger partial charge in [-0.3, -0.25) is 9.69 Å². The monoisotopic (exact) mass is 343 g/mol. The highest BCUT2D eigenvalue weighted by molar-refractivity contribution is 7.13. The van der Waals surface area contributed by atoms with Crippen molar-refractivity contribution >= 4 is 11.3 Å². The predicted octanol–water partition coefficient (Wildman–Crippen LogP) is 2.01. The molecule has 24 heavy (non-hydrogen) atoms. The van der Waals surface area contributed by atoms with Crippen LogP contribution in [0.4, 0.5) is 0 Å². The van der Waals surface area contributed by atoms with Crippen molar-refractivity contribution in [2.45, 2.75) is 25.9 Å². The van der Waals surface area contributed by atoms with E-state index in [2.05, 4.69) is 20.2 Å². The number of hydrogen-bond donors (Lipinski definition) is 0. The van der Waals surface area contributed by atoms with Crippen LogP contribution in [0.1, 0.15) is 30.1 Å². The van der Waals surface area contributed by atoms with E-state index in [4.69, 9.17) is 4.42 Å². The molecule has 4 heterocycles. The summed E-state index contributed by atoms with van der Waals surface area (Å²) in [6.45, 7) is 3.55. The van der Waals surface area contributed by atoms with E-state index in [1.165, 1.54) is 4.68 Å². The van der Waals surface area contributed by atoms with Gasteiger partial charge in [0.05, 0.1) is 16.6 Å². The van der Waals surface area contributed by atoms with Crippen molar-refractivity contribution < 1.29 is 4.42 Å². The smallest absolute Gasteiger partial charge is 0.266 e. The molecule has 4 rings (SSSR count). The predicted molar refractivity (Wildman–Crippen MR) is 89.6 cm³/mol. The highest BCUT2D eigenvalue weighted by Gasteiger charge is 2.27. The molecule has 0 amide bonds. The van der Waals surface area contributed by atoms with Gasteiger partial charge in [0.1, 0.15) is 0 Å². The lowest BCUT2D eigenvalue weighted by Crippen LogP contribution is -2.36. The molecule has 3 aromatic rings. The summed E-state index contributed by atoms with van der Waals surface area (Å²) in [6, 6.07) is 5.59. The number of nitrogens with zero attached hydrogens (tertiary/aromatic N) is 5. The van der Waals surface area contributed by atoms with Crippen LogP contribution in [0.25, 0.3) is 10.8 Å². The molecule has 0 saturated carbocycles. The van der Waals surface area contributed by atoms with Crippen LogP contribution in [-0.4, -0.2) is 31.4 Å². The average molecular weight is 343 g/mol. The second-order valence-electron chi connectivity index (χ2n) is 5.90. The van der Waals surface area contributed by atoms with Gasteiger partial charge in [-0.1, -0.05) is 6.07 Å². The molecule has 0 unspecified atom stereocenters. The van der Waals surface area contributed by atoms with E-state index in [0.717, 1.165) is 29.1 Å². The topological polar surface area (TPSA) is 77.1 Å². The van der Waals surface area contributed by atoms with Crippen LogP contribution in [0, 0.1) is 0 Å². The lowest BCUT2D eigenvalue weighted by molar-refractivity contribution is 0.165. The number of thiophene rings is 1. The first-order valence-electron chi connectivity index (χ1n) is 7.79. The van der Waals surface area contributed by atoms with Crippen molar-refractivity contribution in [2.24, 2.45) is 7.05 Å². The van der Waals surface area contributed by atoms with Crippen molar-refractivity contribution in [3.63, 3.8) is 0 Å². The lowest BCUT2D eigenvalue weighted by Gasteiger charge is -2.31. The first-order valence-corrected chi connectivity index (χ1v) is 8.67. The molecule has 0 bridgehead atoms. The fraction of sp³-hybridized carbons (Fsp3) is 0.375. The number of aryl methyl sites for hydroxylation is 1. The van der Waals surface area contributed by atoms with Gasteiger partial charge in [-0.2, -0.15) is 5.10 Å². The van der Waals surface area contributed by atoms with Gasteiger partial charge >= 0.3 is 0 Å². The third-order valence-corrected chi connectivity index (χ3v) is 5.20. The minimum absolute atomic E-state index is 0.0107. The molecule has 0 radical (unpaired) electrons. The fourth-order valence-corrected chi connectivity index (χ4v) is 3.55.